The van der Waals surface area contributed by atoms with Gasteiger partial charge in [-0.15, -0.1) is 0 Å². The van der Waals surface area contributed by atoms with Crippen LogP contribution in [0.1, 0.15) is 41.3 Å². The maximum Gasteiger partial charge on any atom is 0.343 e. The van der Waals surface area contributed by atoms with Gasteiger partial charge in [0.05, 0.1) is 11.8 Å². The van der Waals surface area contributed by atoms with Crippen LogP contribution in [-0.4, -0.2) is 24.7 Å². The zero-order chi connectivity index (χ0) is 25.5. The van der Waals surface area contributed by atoms with Gasteiger partial charge in [0.25, 0.3) is 5.91 Å². The van der Waals surface area contributed by atoms with Crippen molar-refractivity contribution < 1.29 is 19.1 Å². The van der Waals surface area contributed by atoms with Crippen LogP contribution in [0.3, 0.4) is 0 Å². The van der Waals surface area contributed by atoms with Crippen molar-refractivity contribution in [3.05, 3.63) is 107 Å². The number of hydrazone groups is 1. The van der Waals surface area contributed by atoms with E-state index < -0.39 is 11.9 Å². The van der Waals surface area contributed by atoms with Crippen molar-refractivity contribution in [2.45, 2.75) is 19.8 Å². The highest BCUT2D eigenvalue weighted by Crippen LogP contribution is 2.27. The van der Waals surface area contributed by atoms with Crippen molar-refractivity contribution >= 4 is 40.5 Å². The Morgan fingerprint density at radius 2 is 1.67 bits per heavy atom. The molecule has 0 heterocycles. The molecule has 0 saturated heterocycles. The van der Waals surface area contributed by atoms with Gasteiger partial charge in [-0.2, -0.15) is 5.10 Å². The maximum absolute atomic E-state index is 12.7. The summed E-state index contributed by atoms with van der Waals surface area (Å²) >= 11 is 5.91. The molecule has 182 valence electrons. The van der Waals surface area contributed by atoms with Crippen LogP contribution in [0.4, 0.5) is 0 Å². The fraction of sp³-hybridized carbons (Fsp3) is 0.138. The number of carbonyl (C=O) groups excluding carboxylic acids is 2. The molecule has 0 aliphatic carbocycles. The topological polar surface area (TPSA) is 77.0 Å². The largest absolute Gasteiger partial charge is 0.484 e. The van der Waals surface area contributed by atoms with Crippen LogP contribution in [0.15, 0.2) is 90.0 Å². The van der Waals surface area contributed by atoms with Gasteiger partial charge in [0.1, 0.15) is 11.5 Å². The van der Waals surface area contributed by atoms with Crippen LogP contribution in [-0.2, 0) is 4.79 Å². The second-order valence-electron chi connectivity index (χ2n) is 8.40. The number of halogens is 1. The molecule has 0 radical (unpaired) electrons. The van der Waals surface area contributed by atoms with Crippen molar-refractivity contribution in [2.24, 2.45) is 5.10 Å². The number of nitrogens with zero attached hydrogens (tertiary/aromatic N) is 1. The zero-order valence-corrected chi connectivity index (χ0v) is 20.7. The van der Waals surface area contributed by atoms with E-state index in [9.17, 15) is 9.59 Å². The lowest BCUT2D eigenvalue weighted by atomic mass is 10.0. The Labute approximate surface area is 214 Å². The molecule has 4 aromatic rings. The van der Waals surface area contributed by atoms with Crippen molar-refractivity contribution in [2.75, 3.05) is 6.61 Å². The van der Waals surface area contributed by atoms with E-state index in [0.29, 0.717) is 33.6 Å². The fourth-order valence-electron chi connectivity index (χ4n) is 3.54. The average molecular weight is 501 g/mol. The van der Waals surface area contributed by atoms with E-state index in [1.54, 1.807) is 30.3 Å². The lowest BCUT2D eigenvalue weighted by molar-refractivity contribution is -0.123. The van der Waals surface area contributed by atoms with Crippen LogP contribution in [0.25, 0.3) is 10.8 Å². The third-order valence-electron chi connectivity index (χ3n) is 5.51. The van der Waals surface area contributed by atoms with Crippen LogP contribution >= 0.6 is 11.6 Å². The summed E-state index contributed by atoms with van der Waals surface area (Å²) in [4.78, 5) is 25.0. The van der Waals surface area contributed by atoms with Gasteiger partial charge in [0.2, 0.25) is 0 Å². The minimum atomic E-state index is -0.530. The average Bonchev–Trinajstić information content (AvgIpc) is 2.89. The molecule has 1 amide bonds. The van der Waals surface area contributed by atoms with Gasteiger partial charge < -0.3 is 9.47 Å². The van der Waals surface area contributed by atoms with Gasteiger partial charge in [-0.05, 0) is 64.7 Å². The van der Waals surface area contributed by atoms with E-state index >= 15 is 0 Å². The van der Waals surface area contributed by atoms with Crippen LogP contribution in [0.5, 0.6) is 11.5 Å². The predicted molar refractivity (Wildman–Crippen MR) is 142 cm³/mol. The Morgan fingerprint density at radius 1 is 0.944 bits per heavy atom. The molecule has 0 unspecified atom stereocenters. The minimum absolute atomic E-state index is 0.188. The Hall–Kier alpha value is -4.16. The molecule has 1 N–H and O–H groups in total. The van der Waals surface area contributed by atoms with E-state index in [2.05, 4.69) is 24.4 Å². The standard InChI is InChI=1S/C29H25ClN2O4/c1-19(2)20-9-14-24(15-10-20)35-18-28(33)32-31-17-26-25-6-4-3-5-21(25)11-16-27(26)36-29(34)22-7-12-23(30)13-8-22/h3-17,19H,18H2,1-2H3,(H,32,33). The molecule has 0 aliphatic rings. The van der Waals surface area contributed by atoms with Gasteiger partial charge in [-0.1, -0.05) is 67.9 Å². The summed E-state index contributed by atoms with van der Waals surface area (Å²) in [5.41, 5.74) is 4.58. The number of rotatable bonds is 8. The summed E-state index contributed by atoms with van der Waals surface area (Å²) < 4.78 is 11.2. The highest BCUT2D eigenvalue weighted by atomic mass is 35.5. The number of hydrogen-bond donors (Lipinski definition) is 1. The minimum Gasteiger partial charge on any atom is -0.484 e. The fourth-order valence-corrected chi connectivity index (χ4v) is 3.67. The van der Waals surface area contributed by atoms with Crippen molar-refractivity contribution in [1.82, 2.24) is 5.43 Å². The second kappa shape index (κ2) is 11.5. The summed E-state index contributed by atoms with van der Waals surface area (Å²) in [6, 6.07) is 25.2. The molecule has 0 aromatic heterocycles. The summed E-state index contributed by atoms with van der Waals surface area (Å²) in [6.07, 6.45) is 1.46. The first-order valence-electron chi connectivity index (χ1n) is 11.4. The highest BCUT2D eigenvalue weighted by Gasteiger charge is 2.14. The van der Waals surface area contributed by atoms with E-state index in [0.717, 1.165) is 10.8 Å². The molecule has 0 saturated carbocycles. The van der Waals surface area contributed by atoms with Gasteiger partial charge in [0, 0.05) is 10.6 Å². The highest BCUT2D eigenvalue weighted by molar-refractivity contribution is 6.30. The number of carbonyl (C=O) groups is 2. The second-order valence-corrected chi connectivity index (χ2v) is 8.84. The van der Waals surface area contributed by atoms with E-state index in [1.807, 2.05) is 54.6 Å². The van der Waals surface area contributed by atoms with Crippen molar-refractivity contribution in [3.8, 4) is 11.5 Å². The Balaban J connectivity index is 1.46. The molecule has 4 aromatic carbocycles. The number of esters is 1. The maximum atomic E-state index is 12.7. The molecule has 36 heavy (non-hydrogen) atoms. The summed E-state index contributed by atoms with van der Waals surface area (Å²) in [5.74, 6) is 0.384. The van der Waals surface area contributed by atoms with E-state index in [1.165, 1.54) is 11.8 Å². The number of hydrogen-bond acceptors (Lipinski definition) is 5. The molecule has 0 bridgehead atoms. The predicted octanol–water partition coefficient (Wildman–Crippen LogP) is 6.36. The summed E-state index contributed by atoms with van der Waals surface area (Å²) in [5, 5.41) is 6.36. The smallest absolute Gasteiger partial charge is 0.343 e. The number of amides is 1. The first-order valence-corrected chi connectivity index (χ1v) is 11.8. The number of nitrogens with one attached hydrogen (secondary N) is 1. The van der Waals surface area contributed by atoms with E-state index in [-0.39, 0.29) is 6.61 Å². The SMILES string of the molecule is CC(C)c1ccc(OCC(=O)NN=Cc2c(OC(=O)c3ccc(Cl)cc3)ccc3ccccc23)cc1. The van der Waals surface area contributed by atoms with Crippen LogP contribution in [0.2, 0.25) is 5.02 Å². The molecule has 0 atom stereocenters. The van der Waals surface area contributed by atoms with Crippen molar-refractivity contribution in [1.29, 1.82) is 0 Å². The lowest BCUT2D eigenvalue weighted by Gasteiger charge is -2.11. The van der Waals surface area contributed by atoms with Crippen molar-refractivity contribution in [3.63, 3.8) is 0 Å². The monoisotopic (exact) mass is 500 g/mol. The molecule has 6 nitrogen and oxygen atoms in total. The van der Waals surface area contributed by atoms with E-state index in [4.69, 9.17) is 21.1 Å². The molecular weight excluding hydrogens is 476 g/mol. The Kier molecular flexibility index (Phi) is 7.98. The van der Waals surface area contributed by atoms with Gasteiger partial charge in [-0.25, -0.2) is 10.2 Å². The Morgan fingerprint density at radius 3 is 2.39 bits per heavy atom. The first kappa shape index (κ1) is 24.9. The molecule has 0 fully saturated rings. The molecule has 4 rings (SSSR count). The number of ether oxygens (including phenoxy) is 2. The quantitative estimate of drug-likeness (QED) is 0.132. The molecule has 0 aliphatic heterocycles. The third kappa shape index (κ3) is 6.29. The normalized spacial score (nSPS) is 11.1. The first-order chi connectivity index (χ1) is 17.4. The van der Waals surface area contributed by atoms with Crippen LogP contribution in [0, 0.1) is 0 Å². The third-order valence-corrected chi connectivity index (χ3v) is 5.76. The molecular formula is C29H25ClN2O4. The van der Waals surface area contributed by atoms with Gasteiger partial charge in [-0.3, -0.25) is 4.79 Å². The van der Waals surface area contributed by atoms with Crippen LogP contribution < -0.4 is 14.9 Å². The van der Waals surface area contributed by atoms with Gasteiger partial charge in [0.15, 0.2) is 6.61 Å². The summed E-state index contributed by atoms with van der Waals surface area (Å²) in [7, 11) is 0. The zero-order valence-electron chi connectivity index (χ0n) is 19.9. The molecule has 0 spiro atoms. The summed E-state index contributed by atoms with van der Waals surface area (Å²) in [6.45, 7) is 4.04. The Bertz CT molecular complexity index is 1400. The lowest BCUT2D eigenvalue weighted by Crippen LogP contribution is -2.24. The molecule has 7 heteroatoms. The number of benzene rings is 4. The van der Waals surface area contributed by atoms with Gasteiger partial charge >= 0.3 is 5.97 Å². The number of fused-ring (bicyclic) bond motifs is 1.